The summed E-state index contributed by atoms with van der Waals surface area (Å²) < 4.78 is 35.4. The average Bonchev–Trinajstić information content (AvgIpc) is 3.32. The van der Waals surface area contributed by atoms with Crippen molar-refractivity contribution in [3.8, 4) is 5.75 Å². The number of benzene rings is 2. The summed E-state index contributed by atoms with van der Waals surface area (Å²) in [5.41, 5.74) is 3.50. The number of sulfonamides is 1. The van der Waals surface area contributed by atoms with Crippen molar-refractivity contribution in [1.29, 1.82) is 0 Å². The van der Waals surface area contributed by atoms with E-state index in [1.54, 1.807) is 21.1 Å². The molecule has 0 spiro atoms. The predicted molar refractivity (Wildman–Crippen MR) is 116 cm³/mol. The molecule has 156 valence electrons. The molecule has 0 aliphatic carbocycles. The number of methoxy groups -OCH3 is 1. The van der Waals surface area contributed by atoms with Crippen LogP contribution >= 0.6 is 0 Å². The van der Waals surface area contributed by atoms with E-state index in [0.29, 0.717) is 5.69 Å². The summed E-state index contributed by atoms with van der Waals surface area (Å²) in [6.07, 6.45) is 3.47. The summed E-state index contributed by atoms with van der Waals surface area (Å²) in [6.45, 7) is 1.90. The molecular weight excluding hydrogens is 400 g/mol. The van der Waals surface area contributed by atoms with Gasteiger partial charge in [-0.25, -0.2) is 13.1 Å². The molecule has 1 unspecified atom stereocenters. The molecule has 0 bridgehead atoms. The van der Waals surface area contributed by atoms with Gasteiger partial charge in [0.15, 0.2) is 0 Å². The van der Waals surface area contributed by atoms with Gasteiger partial charge in [0.2, 0.25) is 10.0 Å². The lowest BCUT2D eigenvalue weighted by Crippen LogP contribution is -2.29. The smallest absolute Gasteiger partial charge is 0.243 e. The molecule has 2 heterocycles. The fraction of sp³-hybridized carbons (Fsp3) is 0.227. The molecule has 4 aromatic rings. The minimum atomic E-state index is -3.70. The Morgan fingerprint density at radius 2 is 1.90 bits per heavy atom. The number of aryl methyl sites for hydroxylation is 2. The van der Waals surface area contributed by atoms with Crippen LogP contribution in [0.5, 0.6) is 5.75 Å². The number of nitrogens with one attached hydrogen (secondary N) is 2. The maximum atomic E-state index is 12.9. The van der Waals surface area contributed by atoms with Crippen LogP contribution in [-0.2, 0) is 17.1 Å². The van der Waals surface area contributed by atoms with E-state index >= 15 is 0 Å². The largest absolute Gasteiger partial charge is 0.497 e. The molecule has 2 N–H and O–H groups in total. The van der Waals surface area contributed by atoms with Crippen molar-refractivity contribution in [2.45, 2.75) is 17.7 Å². The van der Waals surface area contributed by atoms with Gasteiger partial charge < -0.3 is 9.72 Å². The molecule has 0 saturated carbocycles. The van der Waals surface area contributed by atoms with Crippen molar-refractivity contribution >= 4 is 20.9 Å². The number of rotatable bonds is 7. The second kappa shape index (κ2) is 7.97. The Bertz CT molecular complexity index is 1270. The summed E-state index contributed by atoms with van der Waals surface area (Å²) in [4.78, 5) is 3.48. The van der Waals surface area contributed by atoms with Gasteiger partial charge in [-0.15, -0.1) is 0 Å². The van der Waals surface area contributed by atoms with E-state index in [4.69, 9.17) is 4.74 Å². The Morgan fingerprint density at radius 1 is 1.17 bits per heavy atom. The Morgan fingerprint density at radius 3 is 2.57 bits per heavy atom. The minimum Gasteiger partial charge on any atom is -0.497 e. The highest BCUT2D eigenvalue weighted by Gasteiger charge is 2.24. The molecule has 2 aromatic heterocycles. The molecule has 7 nitrogen and oxygen atoms in total. The van der Waals surface area contributed by atoms with Gasteiger partial charge in [0.25, 0.3) is 0 Å². The van der Waals surface area contributed by atoms with Crippen molar-refractivity contribution in [2.75, 3.05) is 13.7 Å². The first kappa shape index (κ1) is 20.2. The Hall–Kier alpha value is -3.10. The third kappa shape index (κ3) is 3.83. The summed E-state index contributed by atoms with van der Waals surface area (Å²) in [6, 6.07) is 15.7. The van der Waals surface area contributed by atoms with Crippen LogP contribution in [0.15, 0.2) is 65.8 Å². The van der Waals surface area contributed by atoms with Gasteiger partial charge in [0.05, 0.1) is 12.8 Å². The zero-order valence-corrected chi connectivity index (χ0v) is 17.9. The van der Waals surface area contributed by atoms with Crippen LogP contribution < -0.4 is 9.46 Å². The summed E-state index contributed by atoms with van der Waals surface area (Å²) in [5, 5.41) is 5.22. The maximum Gasteiger partial charge on any atom is 0.243 e. The molecule has 0 fully saturated rings. The molecule has 1 atom stereocenters. The van der Waals surface area contributed by atoms with Crippen LogP contribution in [0.1, 0.15) is 22.7 Å². The Labute approximate surface area is 175 Å². The molecule has 0 amide bonds. The number of aromatic nitrogens is 3. The number of ether oxygens (including phenoxy) is 1. The Kier molecular flexibility index (Phi) is 5.36. The van der Waals surface area contributed by atoms with Gasteiger partial charge in [-0.05, 0) is 36.2 Å². The monoisotopic (exact) mass is 424 g/mol. The standard InChI is InChI=1S/C22H24N4O3S/c1-15-22(14-26(2)25-15)30(27,28)24-13-19(16-8-10-17(29-3)11-9-16)20-12-23-21-7-5-4-6-18(20)21/h4-12,14,19,23-24H,13H2,1-3H3. The summed E-state index contributed by atoms with van der Waals surface area (Å²) >= 11 is 0. The number of H-pyrrole nitrogens is 1. The first-order valence-electron chi connectivity index (χ1n) is 9.59. The van der Waals surface area contributed by atoms with Crippen LogP contribution in [-0.4, -0.2) is 36.8 Å². The van der Waals surface area contributed by atoms with Crippen LogP contribution in [0.25, 0.3) is 10.9 Å². The zero-order valence-electron chi connectivity index (χ0n) is 17.1. The van der Waals surface area contributed by atoms with Crippen molar-refractivity contribution in [3.63, 3.8) is 0 Å². The quantitative estimate of drug-likeness (QED) is 0.476. The van der Waals surface area contributed by atoms with Gasteiger partial charge in [-0.2, -0.15) is 5.10 Å². The zero-order chi connectivity index (χ0) is 21.3. The van der Waals surface area contributed by atoms with Crippen molar-refractivity contribution < 1.29 is 13.2 Å². The molecule has 0 saturated heterocycles. The van der Waals surface area contributed by atoms with Gasteiger partial charge >= 0.3 is 0 Å². The van der Waals surface area contributed by atoms with E-state index in [1.165, 1.54) is 10.9 Å². The van der Waals surface area contributed by atoms with Gasteiger partial charge in [-0.3, -0.25) is 4.68 Å². The molecule has 0 radical (unpaired) electrons. The average molecular weight is 425 g/mol. The lowest BCUT2D eigenvalue weighted by Gasteiger charge is -2.18. The normalized spacial score (nSPS) is 12.9. The first-order chi connectivity index (χ1) is 14.4. The third-order valence-electron chi connectivity index (χ3n) is 5.25. The molecule has 4 rings (SSSR count). The number of hydrogen-bond donors (Lipinski definition) is 2. The molecule has 8 heteroatoms. The number of nitrogens with zero attached hydrogens (tertiary/aromatic N) is 2. The Balaban J connectivity index is 1.71. The van der Waals surface area contributed by atoms with Gasteiger partial charge in [0.1, 0.15) is 10.6 Å². The molecule has 30 heavy (non-hydrogen) atoms. The highest BCUT2D eigenvalue weighted by molar-refractivity contribution is 7.89. The van der Waals surface area contributed by atoms with Gasteiger partial charge in [0, 0.05) is 42.8 Å². The van der Waals surface area contributed by atoms with Crippen molar-refractivity contribution in [3.05, 3.63) is 77.7 Å². The van der Waals surface area contributed by atoms with Gasteiger partial charge in [-0.1, -0.05) is 30.3 Å². The van der Waals surface area contributed by atoms with Crippen LogP contribution in [0.4, 0.5) is 0 Å². The SMILES string of the molecule is COc1ccc(C(CNS(=O)(=O)c2cn(C)nc2C)c2c[nH]c3ccccc23)cc1. The fourth-order valence-electron chi connectivity index (χ4n) is 3.74. The maximum absolute atomic E-state index is 12.9. The highest BCUT2D eigenvalue weighted by Crippen LogP contribution is 2.31. The van der Waals surface area contributed by atoms with E-state index in [2.05, 4.69) is 14.8 Å². The van der Waals surface area contributed by atoms with Crippen LogP contribution in [0.3, 0.4) is 0 Å². The minimum absolute atomic E-state index is 0.182. The van der Waals surface area contributed by atoms with Crippen molar-refractivity contribution in [2.24, 2.45) is 7.05 Å². The van der Waals surface area contributed by atoms with E-state index in [-0.39, 0.29) is 17.4 Å². The van der Waals surface area contributed by atoms with E-state index in [9.17, 15) is 8.42 Å². The van der Waals surface area contributed by atoms with E-state index in [1.807, 2.05) is 54.7 Å². The number of hydrogen-bond acceptors (Lipinski definition) is 4. The third-order valence-corrected chi connectivity index (χ3v) is 6.78. The summed E-state index contributed by atoms with van der Waals surface area (Å²) in [7, 11) is -0.371. The lowest BCUT2D eigenvalue weighted by molar-refractivity contribution is 0.414. The molecular formula is C22H24N4O3S. The van der Waals surface area contributed by atoms with E-state index < -0.39 is 10.0 Å². The molecule has 2 aromatic carbocycles. The van der Waals surface area contributed by atoms with Crippen LogP contribution in [0.2, 0.25) is 0 Å². The molecule has 0 aliphatic heterocycles. The topological polar surface area (TPSA) is 89.0 Å². The highest BCUT2D eigenvalue weighted by atomic mass is 32.2. The second-order valence-electron chi connectivity index (χ2n) is 7.22. The van der Waals surface area contributed by atoms with Crippen molar-refractivity contribution in [1.82, 2.24) is 19.5 Å². The second-order valence-corrected chi connectivity index (χ2v) is 8.96. The lowest BCUT2D eigenvalue weighted by atomic mass is 9.91. The predicted octanol–water partition coefficient (Wildman–Crippen LogP) is 3.33. The first-order valence-corrected chi connectivity index (χ1v) is 11.1. The number of para-hydroxylation sites is 1. The fourth-order valence-corrected chi connectivity index (χ4v) is 5.00. The number of fused-ring (bicyclic) bond motifs is 1. The van der Waals surface area contributed by atoms with Crippen LogP contribution in [0, 0.1) is 6.92 Å². The molecule has 0 aliphatic rings. The van der Waals surface area contributed by atoms with E-state index in [0.717, 1.165) is 27.8 Å². The number of aromatic amines is 1. The summed E-state index contributed by atoms with van der Waals surface area (Å²) in [5.74, 6) is 0.571.